The highest BCUT2D eigenvalue weighted by atomic mass is 16.5. The highest BCUT2D eigenvalue weighted by Gasteiger charge is 2.09. The predicted molar refractivity (Wildman–Crippen MR) is 112 cm³/mol. The Labute approximate surface area is 158 Å². The van der Waals surface area contributed by atoms with Crippen molar-refractivity contribution >= 4 is 33.7 Å². The normalized spacial score (nSPS) is 11.5. The molecule has 0 bridgehead atoms. The Balaban J connectivity index is 1.75. The van der Waals surface area contributed by atoms with Crippen molar-refractivity contribution in [3.8, 4) is 11.5 Å². The van der Waals surface area contributed by atoms with E-state index in [1.54, 1.807) is 14.2 Å². The number of hydrogen-bond acceptors (Lipinski definition) is 3. The molecule has 0 N–H and O–H groups in total. The minimum Gasteiger partial charge on any atom is -0.493 e. The molecule has 0 unspecified atom stereocenters. The molecule has 0 aliphatic heterocycles. The number of benzene rings is 3. The molecule has 0 saturated heterocycles. The maximum absolute atomic E-state index is 5.36. The van der Waals surface area contributed by atoms with Gasteiger partial charge >= 0.3 is 0 Å². The van der Waals surface area contributed by atoms with E-state index in [0.717, 1.165) is 17.8 Å². The van der Waals surface area contributed by atoms with Crippen LogP contribution in [0, 0.1) is 0 Å². The Morgan fingerprint density at radius 3 is 2.41 bits per heavy atom. The molecule has 4 nitrogen and oxygen atoms in total. The van der Waals surface area contributed by atoms with Gasteiger partial charge in [-0.1, -0.05) is 18.2 Å². The fraction of sp³-hybridized carbons (Fsp3) is 0.174. The molecule has 4 heteroatoms. The van der Waals surface area contributed by atoms with Crippen LogP contribution in [-0.4, -0.2) is 25.0 Å². The lowest BCUT2D eigenvalue weighted by Gasteiger charge is -2.07. The minimum absolute atomic E-state index is 0.697. The summed E-state index contributed by atoms with van der Waals surface area (Å²) in [6, 6.07) is 20.7. The molecule has 4 rings (SSSR count). The van der Waals surface area contributed by atoms with Crippen molar-refractivity contribution in [1.82, 2.24) is 4.57 Å². The zero-order chi connectivity index (χ0) is 18.8. The second-order valence-electron chi connectivity index (χ2n) is 6.34. The molecular formula is C23H22N2O2. The first-order valence-corrected chi connectivity index (χ1v) is 9.02. The summed E-state index contributed by atoms with van der Waals surface area (Å²) in [5, 5.41) is 2.49. The topological polar surface area (TPSA) is 35.8 Å². The third-order valence-corrected chi connectivity index (χ3v) is 4.84. The van der Waals surface area contributed by atoms with E-state index >= 15 is 0 Å². The van der Waals surface area contributed by atoms with Crippen molar-refractivity contribution in [2.75, 3.05) is 14.2 Å². The zero-order valence-electron chi connectivity index (χ0n) is 15.8. The summed E-state index contributed by atoms with van der Waals surface area (Å²) in [5.74, 6) is 1.41. The molecule has 0 aliphatic rings. The Morgan fingerprint density at radius 1 is 0.852 bits per heavy atom. The lowest BCUT2D eigenvalue weighted by Crippen LogP contribution is -1.92. The molecule has 136 valence electrons. The first-order valence-electron chi connectivity index (χ1n) is 9.02. The summed E-state index contributed by atoms with van der Waals surface area (Å²) in [6.45, 7) is 3.12. The molecule has 0 fully saturated rings. The number of fused-ring (bicyclic) bond motifs is 3. The molecule has 1 heterocycles. The molecule has 3 aromatic carbocycles. The zero-order valence-corrected chi connectivity index (χ0v) is 15.8. The smallest absolute Gasteiger partial charge is 0.161 e. The summed E-state index contributed by atoms with van der Waals surface area (Å²) >= 11 is 0. The Bertz CT molecular complexity index is 1140. The van der Waals surface area contributed by atoms with Crippen LogP contribution in [0.2, 0.25) is 0 Å². The third kappa shape index (κ3) is 3.04. The number of para-hydroxylation sites is 1. The van der Waals surface area contributed by atoms with Gasteiger partial charge in [0.25, 0.3) is 0 Å². The first-order chi connectivity index (χ1) is 13.2. The van der Waals surface area contributed by atoms with Crippen LogP contribution in [0.5, 0.6) is 11.5 Å². The second kappa shape index (κ2) is 7.16. The summed E-state index contributed by atoms with van der Waals surface area (Å²) in [6.07, 6.45) is 1.85. The van der Waals surface area contributed by atoms with E-state index in [2.05, 4.69) is 58.9 Å². The van der Waals surface area contributed by atoms with Gasteiger partial charge in [0.2, 0.25) is 0 Å². The van der Waals surface area contributed by atoms with E-state index in [9.17, 15) is 0 Å². The lowest BCUT2D eigenvalue weighted by molar-refractivity contribution is 0.355. The van der Waals surface area contributed by atoms with E-state index < -0.39 is 0 Å². The summed E-state index contributed by atoms with van der Waals surface area (Å²) in [5.41, 5.74) is 4.39. The van der Waals surface area contributed by atoms with Gasteiger partial charge in [-0.25, -0.2) is 0 Å². The molecule has 1 aromatic heterocycles. The average molecular weight is 358 g/mol. The van der Waals surface area contributed by atoms with Crippen LogP contribution in [0.1, 0.15) is 12.5 Å². The van der Waals surface area contributed by atoms with Gasteiger partial charge in [-0.3, -0.25) is 4.99 Å². The van der Waals surface area contributed by atoms with E-state index in [1.165, 1.54) is 21.8 Å². The first kappa shape index (κ1) is 17.2. The fourth-order valence-electron chi connectivity index (χ4n) is 3.54. The van der Waals surface area contributed by atoms with E-state index in [4.69, 9.17) is 9.47 Å². The molecule has 27 heavy (non-hydrogen) atoms. The van der Waals surface area contributed by atoms with Crippen LogP contribution in [0.25, 0.3) is 21.8 Å². The number of methoxy groups -OCH3 is 2. The van der Waals surface area contributed by atoms with E-state index in [-0.39, 0.29) is 0 Å². The quantitative estimate of drug-likeness (QED) is 0.436. The number of aromatic nitrogens is 1. The Morgan fingerprint density at radius 2 is 1.63 bits per heavy atom. The van der Waals surface area contributed by atoms with Crippen molar-refractivity contribution in [3.63, 3.8) is 0 Å². The van der Waals surface area contributed by atoms with Crippen molar-refractivity contribution in [2.45, 2.75) is 13.5 Å². The third-order valence-electron chi connectivity index (χ3n) is 4.84. The van der Waals surface area contributed by atoms with Crippen molar-refractivity contribution in [3.05, 3.63) is 66.2 Å². The van der Waals surface area contributed by atoms with Gasteiger partial charge in [0.1, 0.15) is 0 Å². The van der Waals surface area contributed by atoms with E-state index in [0.29, 0.717) is 11.5 Å². The molecule has 0 radical (unpaired) electrons. The van der Waals surface area contributed by atoms with Crippen LogP contribution >= 0.6 is 0 Å². The second-order valence-corrected chi connectivity index (χ2v) is 6.34. The molecular weight excluding hydrogens is 336 g/mol. The van der Waals surface area contributed by atoms with Crippen LogP contribution in [0.4, 0.5) is 5.69 Å². The van der Waals surface area contributed by atoms with E-state index in [1.807, 2.05) is 24.4 Å². The maximum atomic E-state index is 5.36. The van der Waals surface area contributed by atoms with Gasteiger partial charge in [0, 0.05) is 34.6 Å². The maximum Gasteiger partial charge on any atom is 0.161 e. The van der Waals surface area contributed by atoms with Crippen molar-refractivity contribution in [2.24, 2.45) is 4.99 Å². The van der Waals surface area contributed by atoms with Crippen LogP contribution in [0.15, 0.2) is 65.7 Å². The summed E-state index contributed by atoms with van der Waals surface area (Å²) < 4.78 is 13.0. The lowest BCUT2D eigenvalue weighted by atomic mass is 10.1. The molecule has 4 aromatic rings. The SMILES string of the molecule is CCn1c2ccccc2c2cc(N=Cc3ccc(OC)c(OC)c3)ccc21. The van der Waals surface area contributed by atoms with Crippen LogP contribution in [0.3, 0.4) is 0 Å². The minimum atomic E-state index is 0.697. The predicted octanol–water partition coefficient (Wildman–Crippen LogP) is 5.58. The van der Waals surface area contributed by atoms with Gasteiger partial charge in [-0.2, -0.15) is 0 Å². The fourth-order valence-corrected chi connectivity index (χ4v) is 3.54. The number of nitrogens with zero attached hydrogens (tertiary/aromatic N) is 2. The summed E-state index contributed by atoms with van der Waals surface area (Å²) in [7, 11) is 3.27. The Kier molecular flexibility index (Phi) is 4.55. The number of aliphatic imine (C=N–C) groups is 1. The van der Waals surface area contributed by atoms with Gasteiger partial charge in [0.05, 0.1) is 19.9 Å². The molecule has 0 aliphatic carbocycles. The largest absolute Gasteiger partial charge is 0.493 e. The number of ether oxygens (including phenoxy) is 2. The molecule has 0 amide bonds. The van der Waals surface area contributed by atoms with Crippen molar-refractivity contribution in [1.29, 1.82) is 0 Å². The summed E-state index contributed by atoms with van der Waals surface area (Å²) in [4.78, 5) is 4.67. The van der Waals surface area contributed by atoms with Gasteiger partial charge in [-0.15, -0.1) is 0 Å². The van der Waals surface area contributed by atoms with Gasteiger partial charge in [0.15, 0.2) is 11.5 Å². The Hall–Kier alpha value is -3.27. The van der Waals surface area contributed by atoms with Gasteiger partial charge in [-0.05, 0) is 55.0 Å². The molecule has 0 saturated carbocycles. The molecule has 0 atom stereocenters. The number of hydrogen-bond donors (Lipinski definition) is 0. The number of rotatable bonds is 5. The molecule has 0 spiro atoms. The number of aryl methyl sites for hydroxylation is 1. The van der Waals surface area contributed by atoms with Crippen molar-refractivity contribution < 1.29 is 9.47 Å². The highest BCUT2D eigenvalue weighted by Crippen LogP contribution is 2.32. The average Bonchev–Trinajstić information content (AvgIpc) is 3.05. The monoisotopic (exact) mass is 358 g/mol. The van der Waals surface area contributed by atoms with Crippen LogP contribution < -0.4 is 9.47 Å². The van der Waals surface area contributed by atoms with Crippen LogP contribution in [-0.2, 0) is 6.54 Å². The standard InChI is InChI=1S/C23H22N2O2/c1-4-25-20-8-6-5-7-18(20)19-14-17(10-11-21(19)25)24-15-16-9-12-22(26-2)23(13-16)27-3/h5-15H,4H2,1-3H3. The highest BCUT2D eigenvalue weighted by molar-refractivity contribution is 6.09. The van der Waals surface area contributed by atoms with Gasteiger partial charge < -0.3 is 14.0 Å².